The molecule has 0 bridgehead atoms. The largest absolute Gasteiger partial charge is 0.444 e. The molecule has 1 fully saturated rings. The van der Waals surface area contributed by atoms with E-state index in [-0.39, 0.29) is 12.0 Å². The van der Waals surface area contributed by atoms with Crippen molar-refractivity contribution in [1.82, 2.24) is 25.0 Å². The standard InChI is InChI=1S/C17H25N3O3.C14H13ClN4S.3C2H6/c1-13(21)18-14-5-7-15(8-6-14)19-9-11-20(12-10-19)16(22)23-17(2,3)4;1-8-13(10-3-5-11(15)6-4-10)16-7-12-18-17-9(2)19(12)14(8)20;3*1-2/h5-8H,9-12H2,1-4H3,(H,18,21);3-6,16H,7H2,1-2H3;3*1-2H3. The second-order valence-corrected chi connectivity index (χ2v) is 12.2. The maximum absolute atomic E-state index is 12.0. The summed E-state index contributed by atoms with van der Waals surface area (Å²) in [7, 11) is 0. The van der Waals surface area contributed by atoms with Crippen LogP contribution in [-0.2, 0) is 16.1 Å². The lowest BCUT2D eigenvalue weighted by molar-refractivity contribution is -0.114. The van der Waals surface area contributed by atoms with E-state index in [0.717, 1.165) is 63.0 Å². The number of rotatable bonds is 3. The number of hydrogen-bond donors (Lipinski definition) is 2. The number of amides is 2. The maximum Gasteiger partial charge on any atom is 0.410 e. The van der Waals surface area contributed by atoms with Crippen LogP contribution < -0.4 is 15.5 Å². The highest BCUT2D eigenvalue weighted by Crippen LogP contribution is 2.24. The zero-order valence-electron chi connectivity index (χ0n) is 31.4. The lowest BCUT2D eigenvalue weighted by Crippen LogP contribution is -2.50. The molecule has 0 aliphatic carbocycles. The molecular formula is C37H56ClN7O3S. The van der Waals surface area contributed by atoms with Gasteiger partial charge in [-0.3, -0.25) is 9.36 Å². The summed E-state index contributed by atoms with van der Waals surface area (Å²) in [6.07, 6.45) is -0.252. The number of hydrogen-bond acceptors (Lipinski definition) is 8. The van der Waals surface area contributed by atoms with Crippen LogP contribution >= 0.6 is 23.8 Å². The maximum atomic E-state index is 12.0. The van der Waals surface area contributed by atoms with Gasteiger partial charge in [0.15, 0.2) is 5.82 Å². The fourth-order valence-electron chi connectivity index (χ4n) is 4.73. The van der Waals surface area contributed by atoms with Crippen LogP contribution in [0.1, 0.15) is 93.4 Å². The highest BCUT2D eigenvalue weighted by atomic mass is 35.5. The van der Waals surface area contributed by atoms with E-state index >= 15 is 0 Å². The van der Waals surface area contributed by atoms with Crippen LogP contribution in [0.15, 0.2) is 54.1 Å². The zero-order chi connectivity index (χ0) is 37.3. The fraction of sp³-hybridized carbons (Fsp3) is 0.486. The molecule has 49 heavy (non-hydrogen) atoms. The molecule has 0 saturated carbocycles. The number of aromatic nitrogens is 3. The molecule has 3 heterocycles. The molecule has 1 aromatic heterocycles. The van der Waals surface area contributed by atoms with E-state index in [2.05, 4.69) is 25.7 Å². The zero-order valence-corrected chi connectivity index (χ0v) is 33.0. The molecule has 0 spiro atoms. The number of fused-ring (bicyclic) bond motifs is 1. The van der Waals surface area contributed by atoms with E-state index in [1.54, 1.807) is 4.90 Å². The number of thiocarbonyl (C=S) groups is 1. The Bertz CT molecular complexity index is 1510. The van der Waals surface area contributed by atoms with Crippen molar-refractivity contribution in [2.45, 2.75) is 95.2 Å². The van der Waals surface area contributed by atoms with Crippen molar-refractivity contribution in [2.75, 3.05) is 36.4 Å². The third-order valence-corrected chi connectivity index (χ3v) is 7.57. The second kappa shape index (κ2) is 21.2. The average Bonchev–Trinajstić information content (AvgIpc) is 3.41. The molecular weight excluding hydrogens is 658 g/mol. The highest BCUT2D eigenvalue weighted by molar-refractivity contribution is 7.80. The number of carbonyl (C=O) groups excluding carboxylic acids is 2. The Kier molecular flexibility index (Phi) is 18.6. The summed E-state index contributed by atoms with van der Waals surface area (Å²) >= 11 is 11.5. The minimum atomic E-state index is -0.465. The minimum Gasteiger partial charge on any atom is -0.444 e. The number of benzene rings is 2. The van der Waals surface area contributed by atoms with Gasteiger partial charge in [0.25, 0.3) is 0 Å². The molecule has 12 heteroatoms. The Morgan fingerprint density at radius 1 is 0.878 bits per heavy atom. The van der Waals surface area contributed by atoms with Gasteiger partial charge in [0.05, 0.1) is 6.54 Å². The monoisotopic (exact) mass is 713 g/mol. The molecule has 0 atom stereocenters. The first kappa shape index (κ1) is 43.1. The van der Waals surface area contributed by atoms with Crippen LogP contribution in [0.2, 0.25) is 5.02 Å². The summed E-state index contributed by atoms with van der Waals surface area (Å²) < 4.78 is 7.32. The van der Waals surface area contributed by atoms with Gasteiger partial charge in [0.1, 0.15) is 16.4 Å². The number of allylic oxidation sites excluding steroid dienone is 1. The van der Waals surface area contributed by atoms with Gasteiger partial charge in [-0.05, 0) is 76.6 Å². The van der Waals surface area contributed by atoms with Crippen molar-refractivity contribution in [2.24, 2.45) is 0 Å². The van der Waals surface area contributed by atoms with Crippen molar-refractivity contribution in [3.8, 4) is 0 Å². The van der Waals surface area contributed by atoms with E-state index in [1.165, 1.54) is 6.92 Å². The average molecular weight is 714 g/mol. The molecule has 3 aromatic rings. The molecule has 0 unspecified atom stereocenters. The smallest absolute Gasteiger partial charge is 0.410 e. The minimum absolute atomic E-state index is 0.0799. The highest BCUT2D eigenvalue weighted by Gasteiger charge is 2.26. The van der Waals surface area contributed by atoms with Crippen molar-refractivity contribution >= 4 is 57.9 Å². The van der Waals surface area contributed by atoms with Gasteiger partial charge < -0.3 is 25.2 Å². The summed E-state index contributed by atoms with van der Waals surface area (Å²) in [5.74, 6) is 1.56. The predicted molar refractivity (Wildman–Crippen MR) is 208 cm³/mol. The topological polar surface area (TPSA) is 105 Å². The summed E-state index contributed by atoms with van der Waals surface area (Å²) in [4.78, 5) is 27.8. The van der Waals surface area contributed by atoms with Crippen LogP contribution in [0.3, 0.4) is 0 Å². The van der Waals surface area contributed by atoms with E-state index in [9.17, 15) is 9.59 Å². The first-order valence-electron chi connectivity index (χ1n) is 17.1. The number of halogens is 1. The van der Waals surface area contributed by atoms with Gasteiger partial charge in [-0.1, -0.05) is 77.5 Å². The van der Waals surface area contributed by atoms with Crippen LogP contribution in [0, 0.1) is 6.92 Å². The Labute approximate surface area is 304 Å². The SMILES string of the molecule is CC.CC.CC.CC(=O)Nc1ccc(N2CCN(C(=O)OC(C)(C)C)CC2)cc1.CC1=C(c2ccc(Cl)cc2)NCc2nnc(C)n2C1=S. The lowest BCUT2D eigenvalue weighted by atomic mass is 10.1. The van der Waals surface area contributed by atoms with E-state index in [1.807, 2.05) is 129 Å². The number of ether oxygens (including phenoxy) is 1. The van der Waals surface area contributed by atoms with Crippen molar-refractivity contribution in [3.05, 3.63) is 76.3 Å². The van der Waals surface area contributed by atoms with Crippen molar-refractivity contribution in [1.29, 1.82) is 0 Å². The summed E-state index contributed by atoms with van der Waals surface area (Å²) in [5, 5.41) is 15.1. The lowest BCUT2D eigenvalue weighted by Gasteiger charge is -2.36. The molecule has 10 nitrogen and oxygen atoms in total. The van der Waals surface area contributed by atoms with Crippen LogP contribution in [-0.4, -0.2) is 68.4 Å². The van der Waals surface area contributed by atoms with Gasteiger partial charge in [-0.25, -0.2) is 4.79 Å². The third kappa shape index (κ3) is 13.1. The Balaban J connectivity index is 0.000000428. The van der Waals surface area contributed by atoms with E-state index in [0.29, 0.717) is 19.6 Å². The quantitative estimate of drug-likeness (QED) is 0.260. The predicted octanol–water partition coefficient (Wildman–Crippen LogP) is 8.73. The molecule has 2 amide bonds. The summed E-state index contributed by atoms with van der Waals surface area (Å²) in [5.41, 5.74) is 4.48. The fourth-order valence-corrected chi connectivity index (χ4v) is 5.19. The Morgan fingerprint density at radius 3 is 1.94 bits per heavy atom. The van der Waals surface area contributed by atoms with Crippen LogP contribution in [0.5, 0.6) is 0 Å². The first-order valence-corrected chi connectivity index (χ1v) is 17.9. The Hall–Kier alpha value is -3.96. The van der Waals surface area contributed by atoms with Crippen LogP contribution in [0.25, 0.3) is 5.70 Å². The number of nitrogens with zero attached hydrogens (tertiary/aromatic N) is 5. The molecule has 270 valence electrons. The molecule has 2 N–H and O–H groups in total. The number of carbonyl (C=O) groups is 2. The van der Waals surface area contributed by atoms with Gasteiger partial charge in [-0.15, -0.1) is 10.2 Å². The summed E-state index contributed by atoms with van der Waals surface area (Å²) in [6, 6.07) is 15.4. The number of aryl methyl sites for hydroxylation is 1. The normalized spacial score (nSPS) is 13.6. The number of anilines is 2. The van der Waals surface area contributed by atoms with Crippen molar-refractivity contribution in [3.63, 3.8) is 0 Å². The molecule has 2 aromatic carbocycles. The molecule has 5 rings (SSSR count). The van der Waals surface area contributed by atoms with Gasteiger partial charge >= 0.3 is 6.09 Å². The van der Waals surface area contributed by atoms with Crippen LogP contribution in [0.4, 0.5) is 16.2 Å². The molecule has 2 aliphatic rings. The van der Waals surface area contributed by atoms with E-state index < -0.39 is 5.60 Å². The van der Waals surface area contributed by atoms with E-state index in [4.69, 9.17) is 28.6 Å². The molecule has 2 aliphatic heterocycles. The number of piperazine rings is 1. The molecule has 0 radical (unpaired) electrons. The first-order chi connectivity index (χ1) is 23.3. The van der Waals surface area contributed by atoms with Gasteiger partial charge in [-0.2, -0.15) is 0 Å². The third-order valence-electron chi connectivity index (χ3n) is 6.83. The van der Waals surface area contributed by atoms with Crippen molar-refractivity contribution < 1.29 is 14.3 Å². The van der Waals surface area contributed by atoms with Gasteiger partial charge in [0, 0.05) is 60.8 Å². The number of nitrogens with one attached hydrogen (secondary N) is 2. The molecule has 1 saturated heterocycles. The second-order valence-electron chi connectivity index (χ2n) is 11.3. The summed E-state index contributed by atoms with van der Waals surface area (Å²) in [6.45, 7) is 26.4. The Morgan fingerprint density at radius 2 is 1.43 bits per heavy atom. The van der Waals surface area contributed by atoms with Gasteiger partial charge in [0.2, 0.25) is 5.91 Å².